The van der Waals surface area contributed by atoms with Crippen molar-refractivity contribution in [3.8, 4) is 0 Å². The number of carboxylic acid groups (broad SMARTS) is 1. The van der Waals surface area contributed by atoms with E-state index in [0.717, 1.165) is 0 Å². The maximum Gasteiger partial charge on any atom is 0.323 e. The van der Waals surface area contributed by atoms with E-state index in [1.165, 1.54) is 0 Å². The van der Waals surface area contributed by atoms with Gasteiger partial charge in [0.2, 0.25) is 0 Å². The maximum atomic E-state index is 10.4. The summed E-state index contributed by atoms with van der Waals surface area (Å²) in [6.07, 6.45) is -1.15. The minimum Gasteiger partial charge on any atom is -0.480 e. The first-order valence-corrected chi connectivity index (χ1v) is 3.84. The first-order chi connectivity index (χ1) is 6.13. The van der Waals surface area contributed by atoms with E-state index < -0.39 is 18.1 Å². The van der Waals surface area contributed by atoms with Gasteiger partial charge in [-0.2, -0.15) is 0 Å². The summed E-state index contributed by atoms with van der Waals surface area (Å²) in [6, 6.07) is 7.20. The van der Waals surface area contributed by atoms with Crippen molar-refractivity contribution < 1.29 is 15.0 Å². The minimum atomic E-state index is -1.28. The van der Waals surface area contributed by atoms with Crippen LogP contribution < -0.4 is 5.73 Å². The summed E-state index contributed by atoms with van der Waals surface area (Å²) in [7, 11) is 0. The Morgan fingerprint density at radius 2 is 1.85 bits per heavy atom. The van der Waals surface area contributed by atoms with Crippen molar-refractivity contribution in [2.24, 2.45) is 5.73 Å². The number of aliphatic hydroxyl groups excluding tert-OH is 1. The Morgan fingerprint density at radius 1 is 1.31 bits per heavy atom. The largest absolute Gasteiger partial charge is 0.480 e. The van der Waals surface area contributed by atoms with Gasteiger partial charge in [0.15, 0.2) is 0 Å². The van der Waals surface area contributed by atoms with Gasteiger partial charge in [-0.1, -0.05) is 30.3 Å². The van der Waals surface area contributed by atoms with Gasteiger partial charge in [0.25, 0.3) is 0 Å². The molecule has 70 valence electrons. The van der Waals surface area contributed by atoms with Crippen LogP contribution in [0, 0.1) is 0 Å². The van der Waals surface area contributed by atoms with E-state index in [1.807, 2.05) is 0 Å². The van der Waals surface area contributed by atoms with Crippen LogP contribution in [-0.2, 0) is 4.79 Å². The molecule has 0 saturated carbocycles. The smallest absolute Gasteiger partial charge is 0.323 e. The first kappa shape index (κ1) is 9.70. The molecule has 4 heteroatoms. The minimum absolute atomic E-state index is 0.511. The van der Waals surface area contributed by atoms with Gasteiger partial charge in [-0.25, -0.2) is 0 Å². The van der Waals surface area contributed by atoms with Crippen molar-refractivity contribution >= 4 is 5.97 Å². The molecule has 0 heterocycles. The van der Waals surface area contributed by atoms with Gasteiger partial charge in [-0.3, -0.25) is 4.79 Å². The topological polar surface area (TPSA) is 83.6 Å². The van der Waals surface area contributed by atoms with E-state index in [2.05, 4.69) is 0 Å². The van der Waals surface area contributed by atoms with Crippen LogP contribution in [0.2, 0.25) is 0 Å². The van der Waals surface area contributed by atoms with Gasteiger partial charge in [0.1, 0.15) is 12.1 Å². The lowest BCUT2D eigenvalue weighted by molar-refractivity contribution is -0.141. The zero-order valence-corrected chi connectivity index (χ0v) is 6.92. The molecular weight excluding hydrogens is 170 g/mol. The number of aliphatic hydroxyl groups is 1. The second-order valence-electron chi connectivity index (χ2n) is 2.72. The highest BCUT2D eigenvalue weighted by molar-refractivity contribution is 5.74. The van der Waals surface area contributed by atoms with Crippen LogP contribution in [0.3, 0.4) is 0 Å². The normalized spacial score (nSPS) is 14.9. The van der Waals surface area contributed by atoms with Crippen LogP contribution in [-0.4, -0.2) is 22.2 Å². The summed E-state index contributed by atoms with van der Waals surface area (Å²) < 4.78 is 0. The van der Waals surface area contributed by atoms with E-state index in [9.17, 15) is 9.90 Å². The average Bonchev–Trinajstić information content (AvgIpc) is 2.17. The predicted molar refractivity (Wildman–Crippen MR) is 47.0 cm³/mol. The van der Waals surface area contributed by atoms with Gasteiger partial charge in [0, 0.05) is 0 Å². The number of nitrogens with two attached hydrogens (primary N) is 1. The highest BCUT2D eigenvalue weighted by Crippen LogP contribution is 2.14. The molecule has 0 amide bonds. The predicted octanol–water partition coefficient (Wildman–Crippen LogP) is 0.132. The average molecular weight is 181 g/mol. The molecule has 4 N–H and O–H groups in total. The molecule has 0 aliphatic rings. The molecule has 1 rings (SSSR count). The van der Waals surface area contributed by atoms with Gasteiger partial charge in [-0.05, 0) is 5.56 Å². The molecule has 1 aromatic rings. The van der Waals surface area contributed by atoms with Crippen molar-refractivity contribution in [3.63, 3.8) is 0 Å². The summed E-state index contributed by atoms with van der Waals surface area (Å²) >= 11 is 0. The Hall–Kier alpha value is -1.39. The van der Waals surface area contributed by atoms with E-state index in [1.54, 1.807) is 30.3 Å². The second-order valence-corrected chi connectivity index (χ2v) is 2.72. The molecular formula is C9H11NO3. The van der Waals surface area contributed by atoms with E-state index in [0.29, 0.717) is 5.56 Å². The van der Waals surface area contributed by atoms with Crippen LogP contribution in [0.15, 0.2) is 30.3 Å². The Balaban J connectivity index is 2.79. The third-order valence-electron chi connectivity index (χ3n) is 1.77. The lowest BCUT2D eigenvalue weighted by Crippen LogP contribution is -2.36. The standard InChI is InChI=1S/C9H11NO3/c10-7(9(12)13)8(11)6-4-2-1-3-5-6/h1-5,7-8,11H,10H2,(H,12,13)/t7-,8+/m1/s1. The van der Waals surface area contributed by atoms with Crippen molar-refractivity contribution in [1.29, 1.82) is 0 Å². The molecule has 0 aliphatic heterocycles. The van der Waals surface area contributed by atoms with E-state index >= 15 is 0 Å². The third kappa shape index (κ3) is 2.27. The molecule has 0 fully saturated rings. The Kier molecular flexibility index (Phi) is 3.00. The van der Waals surface area contributed by atoms with E-state index in [4.69, 9.17) is 10.8 Å². The van der Waals surface area contributed by atoms with Crippen molar-refractivity contribution in [3.05, 3.63) is 35.9 Å². The monoisotopic (exact) mass is 181 g/mol. The van der Waals surface area contributed by atoms with Gasteiger partial charge in [-0.15, -0.1) is 0 Å². The Morgan fingerprint density at radius 3 is 2.31 bits per heavy atom. The second kappa shape index (κ2) is 4.02. The molecule has 2 atom stereocenters. The summed E-state index contributed by atoms with van der Waals surface area (Å²) in [4.78, 5) is 10.4. The highest BCUT2D eigenvalue weighted by atomic mass is 16.4. The number of rotatable bonds is 3. The lowest BCUT2D eigenvalue weighted by Gasteiger charge is -2.14. The Bertz CT molecular complexity index is 286. The summed E-state index contributed by atoms with van der Waals surface area (Å²) in [6.45, 7) is 0. The summed E-state index contributed by atoms with van der Waals surface area (Å²) in [5, 5.41) is 18.0. The number of hydrogen-bond donors (Lipinski definition) is 3. The van der Waals surface area contributed by atoms with Gasteiger partial charge >= 0.3 is 5.97 Å². The van der Waals surface area contributed by atoms with Crippen LogP contribution in [0.25, 0.3) is 0 Å². The van der Waals surface area contributed by atoms with Crippen molar-refractivity contribution in [2.75, 3.05) is 0 Å². The molecule has 0 bridgehead atoms. The van der Waals surface area contributed by atoms with Crippen LogP contribution >= 0.6 is 0 Å². The van der Waals surface area contributed by atoms with Crippen LogP contribution in [0.1, 0.15) is 11.7 Å². The fraction of sp³-hybridized carbons (Fsp3) is 0.222. The molecule has 1 aromatic carbocycles. The molecule has 4 nitrogen and oxygen atoms in total. The number of carbonyl (C=O) groups is 1. The van der Waals surface area contributed by atoms with Crippen molar-refractivity contribution in [2.45, 2.75) is 12.1 Å². The zero-order chi connectivity index (χ0) is 9.84. The van der Waals surface area contributed by atoms with Crippen LogP contribution in [0.4, 0.5) is 0 Å². The SMILES string of the molecule is N[C@@H](C(=O)O)[C@@H](O)c1ccccc1. The fourth-order valence-corrected chi connectivity index (χ4v) is 0.993. The Labute approximate surface area is 75.6 Å². The molecule has 0 radical (unpaired) electrons. The molecule has 13 heavy (non-hydrogen) atoms. The van der Waals surface area contributed by atoms with Gasteiger partial charge < -0.3 is 15.9 Å². The molecule has 0 aromatic heterocycles. The number of aliphatic carboxylic acids is 1. The maximum absolute atomic E-state index is 10.4. The molecule has 0 aliphatic carbocycles. The molecule has 0 unspecified atom stereocenters. The number of benzene rings is 1. The van der Waals surface area contributed by atoms with Gasteiger partial charge in [0.05, 0.1) is 0 Å². The highest BCUT2D eigenvalue weighted by Gasteiger charge is 2.22. The zero-order valence-electron chi connectivity index (χ0n) is 6.92. The fourth-order valence-electron chi connectivity index (χ4n) is 0.993. The first-order valence-electron chi connectivity index (χ1n) is 3.84. The number of hydrogen-bond acceptors (Lipinski definition) is 3. The lowest BCUT2D eigenvalue weighted by atomic mass is 10.0. The number of carboxylic acids is 1. The molecule has 0 saturated heterocycles. The summed E-state index contributed by atoms with van der Waals surface area (Å²) in [5.74, 6) is -1.21. The van der Waals surface area contributed by atoms with E-state index in [-0.39, 0.29) is 0 Å². The molecule has 0 spiro atoms. The van der Waals surface area contributed by atoms with Crippen LogP contribution in [0.5, 0.6) is 0 Å². The van der Waals surface area contributed by atoms with Crippen molar-refractivity contribution in [1.82, 2.24) is 0 Å². The summed E-state index contributed by atoms with van der Waals surface area (Å²) in [5.41, 5.74) is 5.75. The third-order valence-corrected chi connectivity index (χ3v) is 1.77. The quantitative estimate of drug-likeness (QED) is 0.619.